The number of phenols is 1. The van der Waals surface area contributed by atoms with Gasteiger partial charge in [0.2, 0.25) is 0 Å². The number of allylic oxidation sites excluding steroid dienone is 3. The van der Waals surface area contributed by atoms with Crippen LogP contribution in [0.2, 0.25) is 5.02 Å². The minimum absolute atomic E-state index is 0. The number of carbonyl (C=O) groups excluding carboxylic acids is 1. The molecule has 2 N–H and O–H groups in total. The monoisotopic (exact) mass is 453 g/mol. The summed E-state index contributed by atoms with van der Waals surface area (Å²) in [6.45, 7) is 3.82. The van der Waals surface area contributed by atoms with E-state index >= 15 is 0 Å². The first-order chi connectivity index (χ1) is 13.9. The number of rotatable bonds is 9. The minimum atomic E-state index is -0.341. The number of aromatic nitrogens is 1. The SMILES string of the molecule is COCOc1c(CC=C(C)C)c(O)cc(OC)c1C(=O)C=Cc1c[nH+]cc(Cl)c1.[Cl-]. The van der Waals surface area contributed by atoms with Crippen molar-refractivity contribution in [3.05, 3.63) is 64.0 Å². The summed E-state index contributed by atoms with van der Waals surface area (Å²) in [5, 5.41) is 11.0. The first-order valence-corrected chi connectivity index (χ1v) is 9.32. The highest BCUT2D eigenvalue weighted by molar-refractivity contribution is 6.30. The number of methoxy groups -OCH3 is 2. The molecule has 0 atom stereocenters. The van der Waals surface area contributed by atoms with Crippen LogP contribution in [0.4, 0.5) is 0 Å². The molecule has 0 bridgehead atoms. The predicted molar refractivity (Wildman–Crippen MR) is 112 cm³/mol. The third-order valence-electron chi connectivity index (χ3n) is 4.03. The summed E-state index contributed by atoms with van der Waals surface area (Å²) in [6.07, 6.45) is 8.71. The van der Waals surface area contributed by atoms with Crippen molar-refractivity contribution in [2.45, 2.75) is 20.3 Å². The van der Waals surface area contributed by atoms with Gasteiger partial charge in [0.25, 0.3) is 0 Å². The molecule has 1 heterocycles. The highest BCUT2D eigenvalue weighted by Crippen LogP contribution is 2.40. The maximum Gasteiger partial charge on any atom is 0.193 e. The summed E-state index contributed by atoms with van der Waals surface area (Å²) >= 11 is 5.97. The molecule has 6 nitrogen and oxygen atoms in total. The van der Waals surface area contributed by atoms with Crippen LogP contribution in [0, 0.1) is 0 Å². The van der Waals surface area contributed by atoms with Gasteiger partial charge in [-0.2, -0.15) is 0 Å². The average Bonchev–Trinajstić information content (AvgIpc) is 2.69. The van der Waals surface area contributed by atoms with Gasteiger partial charge in [-0.05, 0) is 38.5 Å². The fourth-order valence-electron chi connectivity index (χ4n) is 2.65. The van der Waals surface area contributed by atoms with Gasteiger partial charge in [0.1, 0.15) is 27.8 Å². The largest absolute Gasteiger partial charge is 1.00 e. The van der Waals surface area contributed by atoms with Gasteiger partial charge in [-0.1, -0.05) is 23.3 Å². The molecule has 2 rings (SSSR count). The van der Waals surface area contributed by atoms with Crippen molar-refractivity contribution in [3.8, 4) is 17.2 Å². The molecular formula is C22H25Cl2NO5. The van der Waals surface area contributed by atoms with Crippen molar-refractivity contribution in [2.75, 3.05) is 21.0 Å². The third-order valence-corrected chi connectivity index (χ3v) is 4.25. The predicted octanol–water partition coefficient (Wildman–Crippen LogP) is 1.26. The lowest BCUT2D eigenvalue weighted by Gasteiger charge is -2.18. The Morgan fingerprint density at radius 3 is 2.57 bits per heavy atom. The molecular weight excluding hydrogens is 429 g/mol. The smallest absolute Gasteiger partial charge is 0.193 e. The molecule has 0 amide bonds. The summed E-state index contributed by atoms with van der Waals surface area (Å²) in [7, 11) is 2.91. The van der Waals surface area contributed by atoms with Crippen LogP contribution in [0.1, 0.15) is 35.3 Å². The summed E-state index contributed by atoms with van der Waals surface area (Å²) in [6, 6.07) is 3.14. The van der Waals surface area contributed by atoms with Crippen molar-refractivity contribution < 1.29 is 41.5 Å². The van der Waals surface area contributed by atoms with Gasteiger partial charge in [-0.25, -0.2) is 4.98 Å². The molecule has 30 heavy (non-hydrogen) atoms. The number of nitrogens with one attached hydrogen (secondary N) is 1. The zero-order valence-corrected chi connectivity index (χ0v) is 18.8. The fourth-order valence-corrected chi connectivity index (χ4v) is 2.84. The summed E-state index contributed by atoms with van der Waals surface area (Å²) in [4.78, 5) is 15.9. The van der Waals surface area contributed by atoms with Gasteiger partial charge >= 0.3 is 0 Å². The van der Waals surface area contributed by atoms with Crippen LogP contribution >= 0.6 is 11.6 Å². The molecule has 0 saturated carbocycles. The van der Waals surface area contributed by atoms with Crippen LogP contribution in [0.15, 0.2) is 42.3 Å². The Morgan fingerprint density at radius 2 is 1.97 bits per heavy atom. The second kappa shape index (κ2) is 12.2. The van der Waals surface area contributed by atoms with Gasteiger partial charge in [-0.3, -0.25) is 4.79 Å². The van der Waals surface area contributed by atoms with E-state index in [2.05, 4.69) is 4.98 Å². The van der Waals surface area contributed by atoms with Crippen molar-refractivity contribution in [1.29, 1.82) is 0 Å². The number of aromatic hydroxyl groups is 1. The topological polar surface area (TPSA) is 79.1 Å². The van der Waals surface area contributed by atoms with E-state index in [9.17, 15) is 9.90 Å². The molecule has 0 saturated heterocycles. The number of carbonyl (C=O) groups is 1. The molecule has 0 aliphatic heterocycles. The van der Waals surface area contributed by atoms with Crippen molar-refractivity contribution in [3.63, 3.8) is 0 Å². The molecule has 162 valence electrons. The Morgan fingerprint density at radius 1 is 1.23 bits per heavy atom. The number of hydrogen-bond donors (Lipinski definition) is 1. The molecule has 1 aromatic heterocycles. The minimum Gasteiger partial charge on any atom is -1.00 e. The second-order valence-corrected chi connectivity index (χ2v) is 6.94. The zero-order chi connectivity index (χ0) is 21.4. The lowest BCUT2D eigenvalue weighted by atomic mass is 9.99. The van der Waals surface area contributed by atoms with E-state index in [-0.39, 0.29) is 47.8 Å². The number of H-pyrrole nitrogens is 1. The maximum atomic E-state index is 13.0. The number of ketones is 1. The summed E-state index contributed by atoms with van der Waals surface area (Å²) in [5.41, 5.74) is 2.49. The van der Waals surface area contributed by atoms with Gasteiger partial charge in [0.15, 0.2) is 25.0 Å². The lowest BCUT2D eigenvalue weighted by molar-refractivity contribution is -0.378. The van der Waals surface area contributed by atoms with E-state index in [1.165, 1.54) is 26.4 Å². The Balaban J connectivity index is 0.00000450. The first kappa shape index (κ1) is 25.5. The van der Waals surface area contributed by atoms with Crippen molar-refractivity contribution in [1.82, 2.24) is 0 Å². The Hall–Kier alpha value is -2.54. The number of phenolic OH excluding ortho intramolecular Hbond substituents is 1. The molecule has 8 heteroatoms. The third kappa shape index (κ3) is 6.76. The Kier molecular flexibility index (Phi) is 10.4. The van der Waals surface area contributed by atoms with Crippen molar-refractivity contribution >= 4 is 23.5 Å². The van der Waals surface area contributed by atoms with Crippen LogP contribution in [0.3, 0.4) is 0 Å². The normalized spacial score (nSPS) is 10.4. The van der Waals surface area contributed by atoms with E-state index < -0.39 is 0 Å². The van der Waals surface area contributed by atoms with Crippen LogP contribution in [-0.2, 0) is 11.2 Å². The van der Waals surface area contributed by atoms with E-state index in [0.717, 1.165) is 11.1 Å². The van der Waals surface area contributed by atoms with E-state index in [4.69, 9.17) is 25.8 Å². The number of pyridine rings is 1. The van der Waals surface area contributed by atoms with Gasteiger partial charge < -0.3 is 31.7 Å². The number of benzene rings is 1. The average molecular weight is 454 g/mol. The van der Waals surface area contributed by atoms with Crippen LogP contribution in [-0.4, -0.2) is 31.9 Å². The van der Waals surface area contributed by atoms with Gasteiger partial charge in [-0.15, -0.1) is 0 Å². The highest BCUT2D eigenvalue weighted by atomic mass is 35.5. The number of halogens is 2. The summed E-state index contributed by atoms with van der Waals surface area (Å²) in [5.74, 6) is 0.0807. The molecule has 0 aliphatic carbocycles. The molecule has 0 spiro atoms. The number of ether oxygens (including phenoxy) is 3. The number of hydrogen-bond acceptors (Lipinski definition) is 5. The molecule has 0 aliphatic rings. The Labute approximate surface area is 187 Å². The van der Waals surface area contributed by atoms with Gasteiger partial charge in [0, 0.05) is 24.3 Å². The summed E-state index contributed by atoms with van der Waals surface area (Å²) < 4.78 is 16.0. The molecule has 2 aromatic rings. The zero-order valence-electron chi connectivity index (χ0n) is 17.3. The van der Waals surface area contributed by atoms with E-state index in [1.54, 1.807) is 24.5 Å². The van der Waals surface area contributed by atoms with E-state index in [0.29, 0.717) is 17.0 Å². The molecule has 0 unspecified atom stereocenters. The first-order valence-electron chi connectivity index (χ1n) is 8.94. The standard InChI is InChI=1S/C22H24ClNO5.ClH/c1-14(2)5-7-17-19(26)10-20(28-4)21(22(17)29-13-27-3)18(25)8-6-15-9-16(23)12-24-11-15;/h5-6,8-12,26H,7,13H2,1-4H3;1H. The quantitative estimate of drug-likeness (QED) is 0.267. The van der Waals surface area contributed by atoms with Crippen LogP contribution < -0.4 is 26.9 Å². The highest BCUT2D eigenvalue weighted by Gasteiger charge is 2.24. The van der Waals surface area contributed by atoms with Crippen molar-refractivity contribution in [2.24, 2.45) is 0 Å². The fraction of sp³-hybridized carbons (Fsp3) is 0.273. The molecule has 1 aromatic carbocycles. The Bertz CT molecular complexity index is 937. The second-order valence-electron chi connectivity index (χ2n) is 6.50. The maximum absolute atomic E-state index is 13.0. The lowest BCUT2D eigenvalue weighted by Crippen LogP contribution is -3.00. The molecule has 0 radical (unpaired) electrons. The van der Waals surface area contributed by atoms with E-state index in [1.807, 2.05) is 19.9 Å². The van der Waals surface area contributed by atoms with Crippen LogP contribution in [0.25, 0.3) is 6.08 Å². The van der Waals surface area contributed by atoms with Gasteiger partial charge in [0.05, 0.1) is 7.11 Å². The van der Waals surface area contributed by atoms with Crippen LogP contribution in [0.5, 0.6) is 17.2 Å². The number of aromatic amines is 1. The molecule has 0 fully saturated rings.